The first-order valence-electron chi connectivity index (χ1n) is 5.66. The van der Waals surface area contributed by atoms with E-state index in [2.05, 4.69) is 4.18 Å². The SMILES string of the molecule is O=S(=O)(Oc1cccc(C(F)(F)F)c1)c1cc(F)cc(F)c1. The molecule has 0 aliphatic carbocycles. The molecular formula is C13H7F5O3S. The van der Waals surface area contributed by atoms with Gasteiger partial charge in [0, 0.05) is 6.07 Å². The highest BCUT2D eigenvalue weighted by Crippen LogP contribution is 2.32. The smallest absolute Gasteiger partial charge is 0.379 e. The van der Waals surface area contributed by atoms with Crippen LogP contribution in [0.25, 0.3) is 0 Å². The van der Waals surface area contributed by atoms with Gasteiger partial charge in [-0.2, -0.15) is 21.6 Å². The van der Waals surface area contributed by atoms with Gasteiger partial charge >= 0.3 is 16.3 Å². The first kappa shape index (κ1) is 16.2. The van der Waals surface area contributed by atoms with Crippen molar-refractivity contribution >= 4 is 10.1 Å². The molecule has 22 heavy (non-hydrogen) atoms. The summed E-state index contributed by atoms with van der Waals surface area (Å²) in [5.74, 6) is -2.95. The van der Waals surface area contributed by atoms with Crippen molar-refractivity contribution in [2.24, 2.45) is 0 Å². The molecule has 118 valence electrons. The zero-order valence-electron chi connectivity index (χ0n) is 10.6. The number of benzene rings is 2. The van der Waals surface area contributed by atoms with E-state index in [0.29, 0.717) is 24.3 Å². The van der Waals surface area contributed by atoms with E-state index in [1.54, 1.807) is 0 Å². The van der Waals surface area contributed by atoms with Crippen LogP contribution >= 0.6 is 0 Å². The third-order valence-electron chi connectivity index (χ3n) is 2.49. The molecule has 3 nitrogen and oxygen atoms in total. The zero-order valence-corrected chi connectivity index (χ0v) is 11.4. The van der Waals surface area contributed by atoms with Gasteiger partial charge in [-0.25, -0.2) is 8.78 Å². The Kier molecular flexibility index (Phi) is 4.10. The number of hydrogen-bond acceptors (Lipinski definition) is 3. The molecule has 2 rings (SSSR count). The van der Waals surface area contributed by atoms with E-state index in [9.17, 15) is 30.4 Å². The fourth-order valence-electron chi connectivity index (χ4n) is 1.57. The third-order valence-corrected chi connectivity index (χ3v) is 3.72. The van der Waals surface area contributed by atoms with E-state index >= 15 is 0 Å². The second-order valence-corrected chi connectivity index (χ2v) is 5.71. The lowest BCUT2D eigenvalue weighted by Gasteiger charge is -2.10. The highest BCUT2D eigenvalue weighted by molar-refractivity contribution is 7.87. The summed E-state index contributed by atoms with van der Waals surface area (Å²) in [6, 6.07) is 4.54. The molecule has 0 aliphatic heterocycles. The van der Waals surface area contributed by atoms with Crippen molar-refractivity contribution in [3.05, 3.63) is 59.7 Å². The Balaban J connectivity index is 2.37. The summed E-state index contributed by atoms with van der Waals surface area (Å²) in [6.07, 6.45) is -4.69. The lowest BCUT2D eigenvalue weighted by Crippen LogP contribution is -2.11. The highest BCUT2D eigenvalue weighted by atomic mass is 32.2. The Morgan fingerprint density at radius 3 is 2.05 bits per heavy atom. The van der Waals surface area contributed by atoms with Crippen LogP contribution in [0.1, 0.15) is 5.56 Å². The Bertz CT molecular complexity index is 779. The van der Waals surface area contributed by atoms with E-state index < -0.39 is 44.1 Å². The summed E-state index contributed by atoms with van der Waals surface area (Å²) < 4.78 is 91.7. The van der Waals surface area contributed by atoms with Crippen molar-refractivity contribution in [3.63, 3.8) is 0 Å². The molecule has 0 aromatic heterocycles. The van der Waals surface area contributed by atoms with Crippen LogP contribution in [0, 0.1) is 11.6 Å². The fourth-order valence-corrected chi connectivity index (χ4v) is 2.54. The Morgan fingerprint density at radius 2 is 1.50 bits per heavy atom. The molecule has 0 N–H and O–H groups in total. The van der Waals surface area contributed by atoms with E-state index in [1.807, 2.05) is 0 Å². The van der Waals surface area contributed by atoms with Gasteiger partial charge in [0.05, 0.1) is 5.56 Å². The maximum atomic E-state index is 13.0. The van der Waals surface area contributed by atoms with Crippen molar-refractivity contribution in [2.45, 2.75) is 11.1 Å². The van der Waals surface area contributed by atoms with Crippen LogP contribution in [0.3, 0.4) is 0 Å². The summed E-state index contributed by atoms with van der Waals surface area (Å²) in [6.45, 7) is 0. The molecule has 0 spiro atoms. The topological polar surface area (TPSA) is 43.4 Å². The lowest BCUT2D eigenvalue weighted by molar-refractivity contribution is -0.137. The van der Waals surface area contributed by atoms with E-state index in [1.165, 1.54) is 0 Å². The van der Waals surface area contributed by atoms with Gasteiger partial charge in [-0.15, -0.1) is 0 Å². The molecule has 0 amide bonds. The first-order valence-corrected chi connectivity index (χ1v) is 7.06. The van der Waals surface area contributed by atoms with Crippen molar-refractivity contribution < 1.29 is 34.6 Å². The summed E-state index contributed by atoms with van der Waals surface area (Å²) >= 11 is 0. The molecule has 0 unspecified atom stereocenters. The van der Waals surface area contributed by atoms with Gasteiger partial charge in [0.2, 0.25) is 0 Å². The molecular weight excluding hydrogens is 331 g/mol. The van der Waals surface area contributed by atoms with E-state index in [0.717, 1.165) is 18.2 Å². The molecule has 0 fully saturated rings. The molecule has 0 aliphatic rings. The number of hydrogen-bond donors (Lipinski definition) is 0. The van der Waals surface area contributed by atoms with Crippen LogP contribution in [0.5, 0.6) is 5.75 Å². The van der Waals surface area contributed by atoms with Crippen molar-refractivity contribution in [1.82, 2.24) is 0 Å². The molecule has 0 saturated heterocycles. The van der Waals surface area contributed by atoms with Crippen LogP contribution in [0.15, 0.2) is 47.4 Å². The predicted octanol–water partition coefficient (Wildman–Crippen LogP) is 3.75. The van der Waals surface area contributed by atoms with Crippen LogP contribution in [0.4, 0.5) is 22.0 Å². The van der Waals surface area contributed by atoms with Gasteiger partial charge in [0.1, 0.15) is 22.3 Å². The molecule has 2 aromatic rings. The average Bonchev–Trinajstić information content (AvgIpc) is 2.36. The summed E-state index contributed by atoms with van der Waals surface area (Å²) in [4.78, 5) is -0.845. The molecule has 0 bridgehead atoms. The molecule has 0 radical (unpaired) electrons. The monoisotopic (exact) mass is 338 g/mol. The largest absolute Gasteiger partial charge is 0.416 e. The lowest BCUT2D eigenvalue weighted by atomic mass is 10.2. The molecule has 0 heterocycles. The Hall–Kier alpha value is -2.16. The maximum Gasteiger partial charge on any atom is 0.416 e. The van der Waals surface area contributed by atoms with E-state index in [-0.39, 0.29) is 0 Å². The van der Waals surface area contributed by atoms with Crippen molar-refractivity contribution in [1.29, 1.82) is 0 Å². The van der Waals surface area contributed by atoms with Crippen molar-refractivity contribution in [2.75, 3.05) is 0 Å². The first-order chi connectivity index (χ1) is 10.1. The van der Waals surface area contributed by atoms with Gasteiger partial charge in [0.15, 0.2) is 0 Å². The van der Waals surface area contributed by atoms with Gasteiger partial charge in [-0.3, -0.25) is 0 Å². The van der Waals surface area contributed by atoms with E-state index in [4.69, 9.17) is 0 Å². The maximum absolute atomic E-state index is 13.0. The van der Waals surface area contributed by atoms with Crippen molar-refractivity contribution in [3.8, 4) is 5.75 Å². The Labute approximate surface area is 122 Å². The predicted molar refractivity (Wildman–Crippen MR) is 65.6 cm³/mol. The number of halogens is 5. The summed E-state index contributed by atoms with van der Waals surface area (Å²) in [5, 5.41) is 0. The minimum Gasteiger partial charge on any atom is -0.379 e. The minimum absolute atomic E-state index is 0.448. The minimum atomic E-state index is -4.69. The quantitative estimate of drug-likeness (QED) is 0.632. The Morgan fingerprint density at radius 1 is 0.909 bits per heavy atom. The van der Waals surface area contributed by atoms with Gasteiger partial charge < -0.3 is 4.18 Å². The number of rotatable bonds is 3. The van der Waals surface area contributed by atoms with Gasteiger partial charge in [-0.1, -0.05) is 6.07 Å². The zero-order chi connectivity index (χ0) is 16.5. The third kappa shape index (κ3) is 3.73. The average molecular weight is 338 g/mol. The molecule has 0 saturated carbocycles. The number of alkyl halides is 3. The van der Waals surface area contributed by atoms with Crippen LogP contribution < -0.4 is 4.18 Å². The molecule has 2 aromatic carbocycles. The van der Waals surface area contributed by atoms with Gasteiger partial charge in [0.25, 0.3) is 0 Å². The van der Waals surface area contributed by atoms with Gasteiger partial charge in [-0.05, 0) is 30.3 Å². The van der Waals surface area contributed by atoms with Crippen LogP contribution in [0.2, 0.25) is 0 Å². The van der Waals surface area contributed by atoms with Crippen LogP contribution in [-0.2, 0) is 16.3 Å². The highest BCUT2D eigenvalue weighted by Gasteiger charge is 2.31. The second-order valence-electron chi connectivity index (χ2n) is 4.17. The molecule has 9 heteroatoms. The second kappa shape index (κ2) is 5.56. The summed E-state index contributed by atoms with van der Waals surface area (Å²) in [5.41, 5.74) is -1.12. The normalized spacial score (nSPS) is 12.2. The summed E-state index contributed by atoms with van der Waals surface area (Å²) in [7, 11) is -4.67. The fraction of sp³-hybridized carbons (Fsp3) is 0.0769. The molecule has 0 atom stereocenters. The standard InChI is InChI=1S/C13H7F5O3S/c14-9-5-10(15)7-12(6-9)22(19,20)21-11-3-1-2-8(4-11)13(16,17)18/h1-7H. The van der Waals surface area contributed by atoms with Crippen LogP contribution in [-0.4, -0.2) is 8.42 Å².